The first-order valence-electron chi connectivity index (χ1n) is 10.8. The van der Waals surface area contributed by atoms with E-state index < -0.39 is 0 Å². The van der Waals surface area contributed by atoms with Crippen LogP contribution in [0.2, 0.25) is 0 Å². The van der Waals surface area contributed by atoms with Crippen LogP contribution in [0.25, 0.3) is 21.8 Å². The van der Waals surface area contributed by atoms with E-state index in [1.54, 1.807) is 18.3 Å². The first kappa shape index (κ1) is 21.3. The van der Waals surface area contributed by atoms with Crippen molar-refractivity contribution >= 4 is 39.6 Å². The Labute approximate surface area is 186 Å². The summed E-state index contributed by atoms with van der Waals surface area (Å²) in [5, 5.41) is 5.30. The molecule has 0 saturated carbocycles. The third-order valence-corrected chi connectivity index (χ3v) is 5.61. The van der Waals surface area contributed by atoms with Crippen molar-refractivity contribution in [3.05, 3.63) is 88.6 Å². The van der Waals surface area contributed by atoms with Gasteiger partial charge in [-0.15, -0.1) is 0 Å². The molecule has 0 saturated heterocycles. The number of anilines is 1. The summed E-state index contributed by atoms with van der Waals surface area (Å²) in [5.74, 6) is -0.264. The van der Waals surface area contributed by atoms with Crippen LogP contribution in [0.4, 0.5) is 5.69 Å². The van der Waals surface area contributed by atoms with Gasteiger partial charge in [0.15, 0.2) is 5.43 Å². The molecule has 0 radical (unpaired) electrons. The second-order valence-electron chi connectivity index (χ2n) is 7.51. The van der Waals surface area contributed by atoms with Gasteiger partial charge in [0.05, 0.1) is 17.2 Å². The molecule has 1 heterocycles. The van der Waals surface area contributed by atoms with Gasteiger partial charge in [0.2, 0.25) is 0 Å². The third-order valence-electron chi connectivity index (χ3n) is 5.61. The maximum Gasteiger partial charge on any atom is 0.260 e. The Hall–Kier alpha value is -3.93. The minimum atomic E-state index is -0.264. The number of pyridine rings is 1. The van der Waals surface area contributed by atoms with Crippen LogP contribution in [0.3, 0.4) is 0 Å². The molecule has 0 bridgehead atoms. The Balaban J connectivity index is 1.53. The summed E-state index contributed by atoms with van der Waals surface area (Å²) < 4.78 is 1.86. The quantitative estimate of drug-likeness (QED) is 0.274. The van der Waals surface area contributed by atoms with Crippen LogP contribution in [0.5, 0.6) is 0 Å². The molecule has 0 fully saturated rings. The predicted molar refractivity (Wildman–Crippen MR) is 131 cm³/mol. The van der Waals surface area contributed by atoms with Crippen LogP contribution >= 0.6 is 0 Å². The number of rotatable bonds is 7. The summed E-state index contributed by atoms with van der Waals surface area (Å²) in [7, 11) is 0. The topological polar surface area (TPSA) is 66.7 Å². The summed E-state index contributed by atoms with van der Waals surface area (Å²) in [5.41, 5.74) is 6.09. The molecule has 32 heavy (non-hydrogen) atoms. The van der Waals surface area contributed by atoms with Crippen LogP contribution in [0.15, 0.2) is 82.7 Å². The van der Waals surface area contributed by atoms with E-state index in [9.17, 15) is 9.59 Å². The number of hydrogen-bond acceptors (Lipinski definition) is 4. The average Bonchev–Trinajstić information content (AvgIpc) is 2.83. The molecule has 4 rings (SSSR count). The number of benzene rings is 3. The molecule has 0 aliphatic heterocycles. The van der Waals surface area contributed by atoms with E-state index in [0.717, 1.165) is 35.4 Å². The number of aromatic nitrogens is 1. The zero-order valence-electron chi connectivity index (χ0n) is 18.3. The first-order chi connectivity index (χ1) is 15.6. The maximum atomic E-state index is 12.8. The molecule has 0 spiro atoms. The highest BCUT2D eigenvalue weighted by atomic mass is 16.2. The molecule has 1 amide bonds. The molecule has 1 aromatic heterocycles. The fourth-order valence-electron chi connectivity index (χ4n) is 3.96. The van der Waals surface area contributed by atoms with E-state index in [4.69, 9.17) is 0 Å². The standard InChI is InChI=1S/C26H26N4O2/c1-3-29(4-2)20-15-13-19(14-16-20)17-27-28-25(31)18-30-23-11-7-5-9-21(23)26(32)22-10-6-8-12-24(22)30/h5-17H,3-4,18H2,1-2H3,(H,28,31). The van der Waals surface area contributed by atoms with Crippen molar-refractivity contribution in [3.63, 3.8) is 0 Å². The molecule has 0 aliphatic carbocycles. The van der Waals surface area contributed by atoms with Crippen molar-refractivity contribution in [2.24, 2.45) is 5.10 Å². The normalized spacial score (nSPS) is 11.3. The van der Waals surface area contributed by atoms with Gasteiger partial charge in [-0.2, -0.15) is 5.10 Å². The van der Waals surface area contributed by atoms with Crippen molar-refractivity contribution in [3.8, 4) is 0 Å². The smallest absolute Gasteiger partial charge is 0.260 e. The minimum absolute atomic E-state index is 0.0287. The molecule has 0 atom stereocenters. The fraction of sp³-hybridized carbons (Fsp3) is 0.192. The van der Waals surface area contributed by atoms with Crippen molar-refractivity contribution in [2.75, 3.05) is 18.0 Å². The summed E-state index contributed by atoms with van der Waals surface area (Å²) in [6.45, 7) is 6.22. The largest absolute Gasteiger partial charge is 0.372 e. The summed E-state index contributed by atoms with van der Waals surface area (Å²) in [6.07, 6.45) is 1.63. The number of amides is 1. The zero-order valence-corrected chi connectivity index (χ0v) is 18.3. The second-order valence-corrected chi connectivity index (χ2v) is 7.51. The molecule has 1 N–H and O–H groups in total. The molecule has 3 aromatic carbocycles. The van der Waals surface area contributed by atoms with Gasteiger partial charge in [0, 0.05) is 29.5 Å². The van der Waals surface area contributed by atoms with E-state index >= 15 is 0 Å². The molecule has 0 unspecified atom stereocenters. The van der Waals surface area contributed by atoms with E-state index in [0.29, 0.717) is 10.8 Å². The lowest BCUT2D eigenvalue weighted by molar-refractivity contribution is -0.121. The molecule has 162 valence electrons. The van der Waals surface area contributed by atoms with Gasteiger partial charge in [-0.1, -0.05) is 36.4 Å². The van der Waals surface area contributed by atoms with E-state index in [-0.39, 0.29) is 17.9 Å². The van der Waals surface area contributed by atoms with Crippen LogP contribution in [-0.2, 0) is 11.3 Å². The highest BCUT2D eigenvalue weighted by Gasteiger charge is 2.12. The number of hydrogen-bond donors (Lipinski definition) is 1. The lowest BCUT2D eigenvalue weighted by Crippen LogP contribution is -2.25. The lowest BCUT2D eigenvalue weighted by atomic mass is 10.1. The number of carbonyl (C=O) groups is 1. The van der Waals surface area contributed by atoms with Crippen molar-refractivity contribution < 1.29 is 4.79 Å². The number of nitrogens with zero attached hydrogens (tertiary/aromatic N) is 3. The Morgan fingerprint density at radius 3 is 2.03 bits per heavy atom. The van der Waals surface area contributed by atoms with Gasteiger partial charge >= 0.3 is 0 Å². The van der Waals surface area contributed by atoms with Gasteiger partial charge in [-0.25, -0.2) is 5.43 Å². The molecule has 0 aliphatic rings. The summed E-state index contributed by atoms with van der Waals surface area (Å²) in [6, 6.07) is 22.8. The number of para-hydroxylation sites is 2. The SMILES string of the molecule is CCN(CC)c1ccc(C=NNC(=O)Cn2c3ccccc3c(=O)c3ccccc32)cc1. The van der Waals surface area contributed by atoms with Gasteiger partial charge in [-0.05, 0) is 55.8 Å². The highest BCUT2D eigenvalue weighted by molar-refractivity contribution is 5.95. The highest BCUT2D eigenvalue weighted by Crippen LogP contribution is 2.19. The third kappa shape index (κ3) is 4.25. The van der Waals surface area contributed by atoms with E-state index in [1.807, 2.05) is 53.1 Å². The summed E-state index contributed by atoms with van der Waals surface area (Å²) >= 11 is 0. The number of nitrogens with one attached hydrogen (secondary N) is 1. The Kier molecular flexibility index (Phi) is 6.31. The average molecular weight is 427 g/mol. The molecule has 4 aromatic rings. The molecule has 6 nitrogen and oxygen atoms in total. The Bertz CT molecular complexity index is 1280. The van der Waals surface area contributed by atoms with E-state index in [1.165, 1.54) is 0 Å². The first-order valence-corrected chi connectivity index (χ1v) is 10.8. The zero-order chi connectivity index (χ0) is 22.5. The van der Waals surface area contributed by atoms with Crippen molar-refractivity contribution in [2.45, 2.75) is 20.4 Å². The van der Waals surface area contributed by atoms with Gasteiger partial charge in [0.1, 0.15) is 6.54 Å². The van der Waals surface area contributed by atoms with Crippen LogP contribution < -0.4 is 15.8 Å². The predicted octanol–water partition coefficient (Wildman–Crippen LogP) is 4.15. The van der Waals surface area contributed by atoms with Crippen molar-refractivity contribution in [1.82, 2.24) is 9.99 Å². The maximum absolute atomic E-state index is 12.8. The molecule has 6 heteroatoms. The van der Waals surface area contributed by atoms with Crippen molar-refractivity contribution in [1.29, 1.82) is 0 Å². The number of fused-ring (bicyclic) bond motifs is 2. The number of carbonyl (C=O) groups excluding carboxylic acids is 1. The lowest BCUT2D eigenvalue weighted by Gasteiger charge is -2.20. The fourth-order valence-corrected chi connectivity index (χ4v) is 3.96. The Morgan fingerprint density at radius 2 is 1.47 bits per heavy atom. The number of hydrazone groups is 1. The Morgan fingerprint density at radius 1 is 0.906 bits per heavy atom. The molecular formula is C26H26N4O2. The van der Waals surface area contributed by atoms with Crippen LogP contribution in [0, 0.1) is 0 Å². The van der Waals surface area contributed by atoms with Gasteiger partial charge < -0.3 is 9.47 Å². The van der Waals surface area contributed by atoms with Gasteiger partial charge in [-0.3, -0.25) is 9.59 Å². The van der Waals surface area contributed by atoms with Crippen LogP contribution in [0.1, 0.15) is 19.4 Å². The monoisotopic (exact) mass is 426 g/mol. The van der Waals surface area contributed by atoms with E-state index in [2.05, 4.69) is 41.4 Å². The van der Waals surface area contributed by atoms with Crippen LogP contribution in [-0.4, -0.2) is 29.8 Å². The summed E-state index contributed by atoms with van der Waals surface area (Å²) in [4.78, 5) is 27.8. The minimum Gasteiger partial charge on any atom is -0.372 e. The molecular weight excluding hydrogens is 400 g/mol. The van der Waals surface area contributed by atoms with Gasteiger partial charge in [0.25, 0.3) is 5.91 Å². The second kappa shape index (κ2) is 9.47.